The van der Waals surface area contributed by atoms with Gasteiger partial charge in [-0.25, -0.2) is 19.6 Å². The Morgan fingerprint density at radius 1 is 0.595 bits per heavy atom. The Labute approximate surface area is 211 Å². The second-order valence-electron chi connectivity index (χ2n) is 8.58. The van der Waals surface area contributed by atoms with Crippen LogP contribution in [0.2, 0.25) is 0 Å². The largest absolute Gasteiger partial charge is 0.441 e. The highest BCUT2D eigenvalue weighted by molar-refractivity contribution is 6.15. The van der Waals surface area contributed by atoms with Gasteiger partial charge in [-0.1, -0.05) is 48.5 Å². The number of nitrogens with zero attached hydrogens (tertiary/aromatic N) is 2. The monoisotopic (exact) mass is 488 g/mol. The van der Waals surface area contributed by atoms with Crippen LogP contribution in [0.5, 0.6) is 0 Å². The quantitative estimate of drug-likeness (QED) is 0.196. The first-order chi connectivity index (χ1) is 18.0. The highest BCUT2D eigenvalue weighted by atomic mass is 16.6. The van der Waals surface area contributed by atoms with Crippen LogP contribution in [0.3, 0.4) is 0 Å². The van der Waals surface area contributed by atoms with Crippen LogP contribution in [-0.2, 0) is 4.74 Å². The van der Waals surface area contributed by atoms with E-state index in [1.807, 2.05) is 48.5 Å². The number of benzene rings is 4. The van der Waals surface area contributed by atoms with Crippen molar-refractivity contribution in [2.24, 2.45) is 0 Å². The molecule has 0 N–H and O–H groups in total. The molecule has 37 heavy (non-hydrogen) atoms. The lowest BCUT2D eigenvalue weighted by Gasteiger charge is -2.11. The summed E-state index contributed by atoms with van der Waals surface area (Å²) in [7, 11) is 0. The van der Waals surface area contributed by atoms with Crippen LogP contribution >= 0.6 is 0 Å². The van der Waals surface area contributed by atoms with Gasteiger partial charge in [0.05, 0.1) is 23.5 Å². The topological polar surface area (TPSA) is 95.4 Å². The predicted octanol–water partition coefficient (Wildman–Crippen LogP) is 6.92. The molecule has 0 spiro atoms. The predicted molar refractivity (Wildman–Crippen MR) is 138 cm³/mol. The Morgan fingerprint density at radius 2 is 1.00 bits per heavy atom. The molecule has 0 aliphatic rings. The molecule has 2 heterocycles. The molecule has 0 unspecified atom stereocenters. The van der Waals surface area contributed by atoms with Crippen LogP contribution < -0.4 is 0 Å². The summed E-state index contributed by atoms with van der Waals surface area (Å²) >= 11 is 0. The number of esters is 2. The molecular formula is C30H20N2O5. The van der Waals surface area contributed by atoms with Crippen LogP contribution in [0.15, 0.2) is 94.0 Å². The van der Waals surface area contributed by atoms with Gasteiger partial charge in [0.15, 0.2) is 23.3 Å². The molecule has 0 radical (unpaired) electrons. The maximum absolute atomic E-state index is 13.2. The minimum absolute atomic E-state index is 0.280. The van der Waals surface area contributed by atoms with Gasteiger partial charge in [0.25, 0.3) is 0 Å². The number of hydrogen-bond donors (Lipinski definition) is 0. The average molecular weight is 488 g/mol. The van der Waals surface area contributed by atoms with E-state index in [0.29, 0.717) is 34.1 Å². The van der Waals surface area contributed by atoms with E-state index in [9.17, 15) is 9.59 Å². The van der Waals surface area contributed by atoms with Gasteiger partial charge < -0.3 is 13.6 Å². The van der Waals surface area contributed by atoms with E-state index in [2.05, 4.69) is 9.97 Å². The molecule has 0 aliphatic carbocycles. The third-order valence-electron chi connectivity index (χ3n) is 6.25. The number of oxazole rings is 2. The normalized spacial score (nSPS) is 11.2. The molecule has 180 valence electrons. The molecule has 7 nitrogen and oxygen atoms in total. The smallest absolute Gasteiger partial charge is 0.346 e. The van der Waals surface area contributed by atoms with Crippen LogP contribution in [-0.4, -0.2) is 21.9 Å². The standard InChI is InChI=1S/C30H20N2O5/c1-17-31-15-27(35-17)23-11-13-25(21-9-5-3-7-19(21)23)29(33)37-30(34)26-14-12-24(28-16-32-18(2)36-28)20-8-4-6-10-22(20)26/h3-16H,1-2H3. The van der Waals surface area contributed by atoms with Gasteiger partial charge in [-0.15, -0.1) is 0 Å². The maximum atomic E-state index is 13.2. The molecule has 0 aliphatic heterocycles. The van der Waals surface area contributed by atoms with Gasteiger partial charge in [0, 0.05) is 25.0 Å². The SMILES string of the molecule is Cc1ncc(-c2ccc(C(=O)OC(=O)c3ccc(-c4cnc(C)o4)c4ccccc34)c3ccccc23)o1. The van der Waals surface area contributed by atoms with Crippen molar-refractivity contribution >= 4 is 33.5 Å². The molecule has 4 aromatic carbocycles. The summed E-state index contributed by atoms with van der Waals surface area (Å²) in [5.41, 5.74) is 2.15. The Bertz CT molecular complexity index is 1700. The molecule has 0 saturated carbocycles. The Morgan fingerprint density at radius 3 is 1.38 bits per heavy atom. The summed E-state index contributed by atoms with van der Waals surface area (Å²) < 4.78 is 16.8. The number of hydrogen-bond acceptors (Lipinski definition) is 7. The highest BCUT2D eigenvalue weighted by Crippen LogP contribution is 2.33. The van der Waals surface area contributed by atoms with Crippen molar-refractivity contribution in [1.82, 2.24) is 9.97 Å². The van der Waals surface area contributed by atoms with E-state index < -0.39 is 11.9 Å². The second kappa shape index (κ2) is 8.87. The number of fused-ring (bicyclic) bond motifs is 2. The maximum Gasteiger partial charge on any atom is 0.346 e. The first kappa shape index (κ1) is 22.4. The second-order valence-corrected chi connectivity index (χ2v) is 8.58. The molecule has 7 heteroatoms. The van der Waals surface area contributed by atoms with Crippen molar-refractivity contribution in [2.45, 2.75) is 13.8 Å². The number of rotatable bonds is 4. The minimum Gasteiger partial charge on any atom is -0.441 e. The number of aromatic nitrogens is 2. The number of carbonyl (C=O) groups excluding carboxylic acids is 2. The lowest BCUT2D eigenvalue weighted by Crippen LogP contribution is -2.14. The molecule has 6 aromatic rings. The number of ether oxygens (including phenoxy) is 1. The first-order valence-corrected chi connectivity index (χ1v) is 11.7. The van der Waals surface area contributed by atoms with Crippen LogP contribution in [0.4, 0.5) is 0 Å². The molecule has 0 bridgehead atoms. The summed E-state index contributed by atoms with van der Waals surface area (Å²) in [6.07, 6.45) is 3.29. The van der Waals surface area contributed by atoms with Crippen molar-refractivity contribution in [2.75, 3.05) is 0 Å². The summed E-state index contributed by atoms with van der Waals surface area (Å²) in [6.45, 7) is 3.54. The van der Waals surface area contributed by atoms with E-state index in [0.717, 1.165) is 21.9 Å². The summed E-state index contributed by atoms with van der Waals surface area (Å²) in [5, 5.41) is 2.87. The molecule has 2 aromatic heterocycles. The van der Waals surface area contributed by atoms with Crippen LogP contribution in [0, 0.1) is 13.8 Å². The molecular weight excluding hydrogens is 468 g/mol. The molecule has 0 saturated heterocycles. The Kier molecular flexibility index (Phi) is 5.38. The molecule has 0 atom stereocenters. The third-order valence-corrected chi connectivity index (χ3v) is 6.25. The van der Waals surface area contributed by atoms with Crippen molar-refractivity contribution in [3.8, 4) is 22.6 Å². The van der Waals surface area contributed by atoms with E-state index in [1.54, 1.807) is 50.5 Å². The minimum atomic E-state index is -0.736. The number of carbonyl (C=O) groups is 2. The fourth-order valence-electron chi connectivity index (χ4n) is 4.55. The summed E-state index contributed by atoms with van der Waals surface area (Å²) in [4.78, 5) is 34.8. The van der Waals surface area contributed by atoms with Crippen LogP contribution in [0.25, 0.3) is 44.2 Å². The van der Waals surface area contributed by atoms with E-state index >= 15 is 0 Å². The van der Waals surface area contributed by atoms with Crippen molar-refractivity contribution in [3.63, 3.8) is 0 Å². The van der Waals surface area contributed by atoms with E-state index in [1.165, 1.54) is 0 Å². The zero-order chi connectivity index (χ0) is 25.5. The lowest BCUT2D eigenvalue weighted by atomic mass is 9.98. The van der Waals surface area contributed by atoms with Crippen molar-refractivity contribution in [3.05, 3.63) is 108 Å². The Balaban J connectivity index is 1.36. The first-order valence-electron chi connectivity index (χ1n) is 11.7. The average Bonchev–Trinajstić information content (AvgIpc) is 3.55. The fraction of sp³-hybridized carbons (Fsp3) is 0.0667. The van der Waals surface area contributed by atoms with Gasteiger partial charge in [0.1, 0.15) is 0 Å². The van der Waals surface area contributed by atoms with Crippen LogP contribution in [0.1, 0.15) is 32.5 Å². The third kappa shape index (κ3) is 3.96. The van der Waals surface area contributed by atoms with Gasteiger partial charge in [-0.3, -0.25) is 0 Å². The zero-order valence-corrected chi connectivity index (χ0v) is 20.0. The van der Waals surface area contributed by atoms with Crippen molar-refractivity contribution in [1.29, 1.82) is 0 Å². The Hall–Kier alpha value is -5.04. The number of aryl methyl sites for hydroxylation is 2. The summed E-state index contributed by atoms with van der Waals surface area (Å²) in [6, 6.07) is 21.6. The molecule has 0 amide bonds. The zero-order valence-electron chi connectivity index (χ0n) is 20.0. The highest BCUT2D eigenvalue weighted by Gasteiger charge is 2.22. The van der Waals surface area contributed by atoms with E-state index in [4.69, 9.17) is 13.6 Å². The van der Waals surface area contributed by atoms with Gasteiger partial charge in [-0.2, -0.15) is 0 Å². The fourth-order valence-corrected chi connectivity index (χ4v) is 4.55. The van der Waals surface area contributed by atoms with Gasteiger partial charge >= 0.3 is 11.9 Å². The van der Waals surface area contributed by atoms with Gasteiger partial charge in [-0.05, 0) is 45.8 Å². The van der Waals surface area contributed by atoms with Gasteiger partial charge in [0.2, 0.25) is 0 Å². The van der Waals surface area contributed by atoms with Crippen molar-refractivity contribution < 1.29 is 23.2 Å². The molecule has 0 fully saturated rings. The lowest BCUT2D eigenvalue weighted by molar-refractivity contribution is 0.0400. The summed E-state index contributed by atoms with van der Waals surface area (Å²) in [5.74, 6) is 0.812. The molecule has 6 rings (SSSR count). The van der Waals surface area contributed by atoms with E-state index in [-0.39, 0.29) is 11.1 Å².